The third kappa shape index (κ3) is 3.91. The van der Waals surface area contributed by atoms with Crippen LogP contribution < -0.4 is 24.8 Å². The lowest BCUT2D eigenvalue weighted by atomic mass is 10.1. The molecule has 4 rings (SSSR count). The molecule has 0 aliphatic carbocycles. The van der Waals surface area contributed by atoms with Crippen molar-refractivity contribution in [2.24, 2.45) is 0 Å². The maximum absolute atomic E-state index is 12.5. The number of carbonyl (C=O) groups excluding carboxylic acids is 1. The van der Waals surface area contributed by atoms with E-state index >= 15 is 0 Å². The number of unbranched alkanes of at least 4 members (excludes halogenated alkanes) is 1. The number of hydrogen-bond acceptors (Lipinski definition) is 7. The van der Waals surface area contributed by atoms with Crippen LogP contribution in [0.5, 0.6) is 17.2 Å². The molecule has 0 unspecified atom stereocenters. The van der Waals surface area contributed by atoms with Gasteiger partial charge in [-0.3, -0.25) is 9.78 Å². The van der Waals surface area contributed by atoms with Crippen LogP contribution >= 0.6 is 0 Å². The SMILES string of the molecule is CNCCCCOc1c(OC)ccc2c1OCc1cncc3c1NC2=CC(=O)C3. The Hall–Kier alpha value is -3.06. The van der Waals surface area contributed by atoms with Gasteiger partial charge in [0.2, 0.25) is 5.75 Å². The van der Waals surface area contributed by atoms with E-state index in [9.17, 15) is 4.79 Å². The van der Waals surface area contributed by atoms with E-state index in [4.69, 9.17) is 14.2 Å². The van der Waals surface area contributed by atoms with Gasteiger partial charge < -0.3 is 24.8 Å². The second-order valence-electron chi connectivity index (χ2n) is 7.08. The minimum atomic E-state index is 0.0170. The molecule has 2 aromatic rings. The van der Waals surface area contributed by atoms with Crippen LogP contribution in [0.1, 0.15) is 29.5 Å². The Morgan fingerprint density at radius 1 is 1.24 bits per heavy atom. The van der Waals surface area contributed by atoms with Crippen LogP contribution in [0.25, 0.3) is 5.70 Å². The normalized spacial score (nSPS) is 14.4. The van der Waals surface area contributed by atoms with E-state index in [0.29, 0.717) is 42.6 Å². The van der Waals surface area contributed by atoms with Gasteiger partial charge in [-0.1, -0.05) is 0 Å². The second-order valence-corrected chi connectivity index (χ2v) is 7.08. The Kier molecular flexibility index (Phi) is 5.67. The zero-order chi connectivity index (χ0) is 20.2. The maximum Gasteiger partial charge on any atom is 0.204 e. The van der Waals surface area contributed by atoms with Crippen molar-refractivity contribution in [1.29, 1.82) is 0 Å². The second kappa shape index (κ2) is 8.53. The number of anilines is 1. The lowest BCUT2D eigenvalue weighted by molar-refractivity contribution is -0.113. The van der Waals surface area contributed by atoms with E-state index in [0.717, 1.165) is 41.8 Å². The summed E-state index contributed by atoms with van der Waals surface area (Å²) in [5, 5.41) is 6.56. The van der Waals surface area contributed by atoms with Gasteiger partial charge in [-0.05, 0) is 38.6 Å². The molecule has 2 bridgehead atoms. The van der Waals surface area contributed by atoms with Crippen LogP contribution in [-0.2, 0) is 17.8 Å². The highest BCUT2D eigenvalue weighted by atomic mass is 16.5. The molecule has 1 aromatic carbocycles. The molecule has 2 aliphatic rings. The van der Waals surface area contributed by atoms with Crippen LogP contribution in [0.4, 0.5) is 5.69 Å². The first kappa shape index (κ1) is 19.3. The summed E-state index contributed by atoms with van der Waals surface area (Å²) in [5.74, 6) is 1.75. The van der Waals surface area contributed by atoms with Crippen molar-refractivity contribution < 1.29 is 19.0 Å². The van der Waals surface area contributed by atoms with Crippen LogP contribution in [0.3, 0.4) is 0 Å². The number of carbonyl (C=O) groups is 1. The molecule has 0 atom stereocenters. The molecular formula is C22H25N3O4. The minimum absolute atomic E-state index is 0.0170. The first-order valence-electron chi connectivity index (χ1n) is 9.80. The summed E-state index contributed by atoms with van der Waals surface area (Å²) in [6.45, 7) is 1.81. The predicted molar refractivity (Wildman–Crippen MR) is 111 cm³/mol. The monoisotopic (exact) mass is 395 g/mol. The van der Waals surface area contributed by atoms with Crippen LogP contribution in [-0.4, -0.2) is 38.1 Å². The Morgan fingerprint density at radius 3 is 2.93 bits per heavy atom. The molecule has 7 heteroatoms. The molecule has 0 spiro atoms. The maximum atomic E-state index is 12.5. The highest BCUT2D eigenvalue weighted by Gasteiger charge is 2.26. The first-order chi connectivity index (χ1) is 14.2. The Labute approximate surface area is 170 Å². The van der Waals surface area contributed by atoms with E-state index in [1.54, 1.807) is 25.6 Å². The van der Waals surface area contributed by atoms with Crippen molar-refractivity contribution in [3.63, 3.8) is 0 Å². The van der Waals surface area contributed by atoms with Crippen molar-refractivity contribution >= 4 is 17.2 Å². The van der Waals surface area contributed by atoms with Crippen molar-refractivity contribution in [2.45, 2.75) is 25.9 Å². The standard InChI is InChI=1S/C22H25N3O4/c1-23-7-3-4-8-28-22-19(27-2)6-5-17-18-10-16(26)9-14-11-24-12-15(20(14)25-18)13-29-21(17)22/h5-6,10-12,23,25H,3-4,7-9,13H2,1-2H3. The smallest absolute Gasteiger partial charge is 0.204 e. The Bertz CT molecular complexity index is 955. The van der Waals surface area contributed by atoms with Crippen molar-refractivity contribution in [3.8, 4) is 17.2 Å². The van der Waals surface area contributed by atoms with E-state index in [-0.39, 0.29) is 5.78 Å². The van der Waals surface area contributed by atoms with E-state index < -0.39 is 0 Å². The Morgan fingerprint density at radius 2 is 2.10 bits per heavy atom. The zero-order valence-corrected chi connectivity index (χ0v) is 16.7. The van der Waals surface area contributed by atoms with E-state index in [1.807, 2.05) is 19.2 Å². The topological polar surface area (TPSA) is 81.7 Å². The quantitative estimate of drug-likeness (QED) is 0.698. The summed E-state index contributed by atoms with van der Waals surface area (Å²) in [6.07, 6.45) is 7.35. The summed E-state index contributed by atoms with van der Waals surface area (Å²) < 4.78 is 17.8. The van der Waals surface area contributed by atoms with Gasteiger partial charge in [-0.2, -0.15) is 0 Å². The van der Waals surface area contributed by atoms with Crippen molar-refractivity contribution in [2.75, 3.05) is 32.6 Å². The molecule has 0 fully saturated rings. The summed E-state index contributed by atoms with van der Waals surface area (Å²) in [4.78, 5) is 16.8. The van der Waals surface area contributed by atoms with Gasteiger partial charge in [-0.15, -0.1) is 0 Å². The molecule has 7 nitrogen and oxygen atoms in total. The van der Waals surface area contributed by atoms with E-state index in [1.165, 1.54) is 0 Å². The average molecular weight is 395 g/mol. The number of benzene rings is 1. The molecule has 29 heavy (non-hydrogen) atoms. The average Bonchev–Trinajstić information content (AvgIpc) is 2.89. The molecule has 0 amide bonds. The number of nitrogens with one attached hydrogen (secondary N) is 2. The Balaban J connectivity index is 1.73. The van der Waals surface area contributed by atoms with Gasteiger partial charge >= 0.3 is 0 Å². The largest absolute Gasteiger partial charge is 0.493 e. The third-order valence-electron chi connectivity index (χ3n) is 5.06. The molecule has 1 aromatic heterocycles. The van der Waals surface area contributed by atoms with Gasteiger partial charge in [0.25, 0.3) is 0 Å². The highest BCUT2D eigenvalue weighted by Crippen LogP contribution is 2.45. The number of fused-ring (bicyclic) bond motifs is 3. The molecule has 152 valence electrons. The summed E-state index contributed by atoms with van der Waals surface area (Å²) in [5.41, 5.74) is 4.14. The number of hydrogen-bond donors (Lipinski definition) is 2. The number of ketones is 1. The minimum Gasteiger partial charge on any atom is -0.493 e. The third-order valence-corrected chi connectivity index (χ3v) is 5.06. The summed E-state index contributed by atoms with van der Waals surface area (Å²) in [6, 6.07) is 3.74. The number of pyridine rings is 1. The number of methoxy groups -OCH3 is 1. The first-order valence-corrected chi connectivity index (χ1v) is 9.80. The lowest BCUT2D eigenvalue weighted by Crippen LogP contribution is -2.13. The summed E-state index contributed by atoms with van der Waals surface area (Å²) in [7, 11) is 3.54. The summed E-state index contributed by atoms with van der Waals surface area (Å²) >= 11 is 0. The van der Waals surface area contributed by atoms with Crippen molar-refractivity contribution in [1.82, 2.24) is 10.3 Å². The van der Waals surface area contributed by atoms with Gasteiger partial charge in [0.15, 0.2) is 17.3 Å². The number of aromatic nitrogens is 1. The van der Waals surface area contributed by atoms with E-state index in [2.05, 4.69) is 15.6 Å². The predicted octanol–water partition coefficient (Wildman–Crippen LogP) is 2.94. The van der Waals surface area contributed by atoms with Gasteiger partial charge in [-0.25, -0.2) is 0 Å². The molecule has 2 N–H and O–H groups in total. The molecule has 0 saturated heterocycles. The fourth-order valence-electron chi connectivity index (χ4n) is 3.60. The van der Waals surface area contributed by atoms with Crippen molar-refractivity contribution in [3.05, 3.63) is 47.3 Å². The molecule has 2 aliphatic heterocycles. The number of rotatable bonds is 7. The number of nitrogens with zero attached hydrogens (tertiary/aromatic N) is 1. The lowest BCUT2D eigenvalue weighted by Gasteiger charge is -2.24. The highest BCUT2D eigenvalue weighted by molar-refractivity contribution is 6.04. The number of ether oxygens (including phenoxy) is 3. The van der Waals surface area contributed by atoms with Crippen LogP contribution in [0.2, 0.25) is 0 Å². The number of allylic oxidation sites excluding steroid dienone is 1. The molecule has 0 radical (unpaired) electrons. The molecular weight excluding hydrogens is 370 g/mol. The van der Waals surface area contributed by atoms with Gasteiger partial charge in [0, 0.05) is 41.6 Å². The zero-order valence-electron chi connectivity index (χ0n) is 16.7. The fraction of sp³-hybridized carbons (Fsp3) is 0.364. The fourth-order valence-corrected chi connectivity index (χ4v) is 3.60. The van der Waals surface area contributed by atoms with Crippen LogP contribution in [0.15, 0.2) is 30.6 Å². The molecule has 3 heterocycles. The van der Waals surface area contributed by atoms with Crippen LogP contribution in [0, 0.1) is 0 Å². The van der Waals surface area contributed by atoms with Gasteiger partial charge in [0.05, 0.1) is 25.1 Å². The molecule has 0 saturated carbocycles. The van der Waals surface area contributed by atoms with Gasteiger partial charge in [0.1, 0.15) is 6.61 Å².